The number of carbonyl (C=O) groups excluding carboxylic acids is 1. The molecule has 0 aliphatic rings. The molecule has 0 saturated heterocycles. The number of ether oxygens (including phenoxy) is 1. The van der Waals surface area contributed by atoms with Crippen LogP contribution < -0.4 is 5.32 Å². The number of rotatable bonds is 6. The van der Waals surface area contributed by atoms with Crippen LogP contribution in [0.1, 0.15) is 25.8 Å². The molecular formula is C14H21NO3. The molecule has 0 aromatic heterocycles. The maximum absolute atomic E-state index is 11.6. The van der Waals surface area contributed by atoms with Crippen LogP contribution in [-0.4, -0.2) is 23.8 Å². The monoisotopic (exact) mass is 251 g/mol. The molecule has 4 heteroatoms. The summed E-state index contributed by atoms with van der Waals surface area (Å²) < 4.78 is 5.09. The molecule has 0 bridgehead atoms. The Morgan fingerprint density at radius 3 is 2.61 bits per heavy atom. The number of carbonyl (C=O) groups is 1. The number of nitrogens with one attached hydrogen (secondary N) is 1. The Kier molecular flexibility index (Phi) is 6.22. The van der Waals surface area contributed by atoms with Crippen molar-refractivity contribution in [1.29, 1.82) is 0 Å². The van der Waals surface area contributed by atoms with Gasteiger partial charge in [-0.25, -0.2) is 4.79 Å². The highest BCUT2D eigenvalue weighted by Gasteiger charge is 2.17. The van der Waals surface area contributed by atoms with Crippen LogP contribution in [-0.2, 0) is 11.3 Å². The molecule has 1 amide bonds. The minimum atomic E-state index is -0.488. The Balaban J connectivity index is 2.37. The number of alkyl carbamates (subject to hydrolysis) is 1. The first kappa shape index (κ1) is 14.5. The summed E-state index contributed by atoms with van der Waals surface area (Å²) in [6.07, 6.45) is 0.405. The molecule has 18 heavy (non-hydrogen) atoms. The normalized spacial score (nSPS) is 13.7. The number of hydrogen-bond donors (Lipinski definition) is 2. The van der Waals surface area contributed by atoms with Crippen LogP contribution in [0.3, 0.4) is 0 Å². The molecular weight excluding hydrogens is 230 g/mol. The lowest BCUT2D eigenvalue weighted by molar-refractivity contribution is 0.121. The van der Waals surface area contributed by atoms with Crippen LogP contribution in [0.25, 0.3) is 0 Å². The van der Waals surface area contributed by atoms with E-state index in [9.17, 15) is 9.90 Å². The molecule has 4 nitrogen and oxygen atoms in total. The van der Waals surface area contributed by atoms with Crippen molar-refractivity contribution in [3.05, 3.63) is 35.9 Å². The van der Waals surface area contributed by atoms with E-state index in [0.29, 0.717) is 0 Å². The Hall–Kier alpha value is -1.55. The summed E-state index contributed by atoms with van der Waals surface area (Å²) in [4.78, 5) is 11.6. The summed E-state index contributed by atoms with van der Waals surface area (Å²) in [6.45, 7) is 4.17. The molecule has 0 radical (unpaired) electrons. The van der Waals surface area contributed by atoms with Crippen molar-refractivity contribution in [1.82, 2.24) is 5.32 Å². The second kappa shape index (κ2) is 7.71. The van der Waals surface area contributed by atoms with E-state index in [4.69, 9.17) is 4.74 Å². The van der Waals surface area contributed by atoms with Gasteiger partial charge < -0.3 is 15.2 Å². The second-order valence-corrected chi connectivity index (χ2v) is 4.38. The minimum absolute atomic E-state index is 0.0740. The van der Waals surface area contributed by atoms with Crippen molar-refractivity contribution in [2.24, 2.45) is 5.92 Å². The molecule has 0 unspecified atom stereocenters. The topological polar surface area (TPSA) is 58.6 Å². The Bertz CT molecular complexity index is 353. The summed E-state index contributed by atoms with van der Waals surface area (Å²) in [5.74, 6) is 0.222. The molecule has 0 saturated carbocycles. The number of aliphatic hydroxyl groups is 1. The largest absolute Gasteiger partial charge is 0.445 e. The Labute approximate surface area is 108 Å². The molecule has 1 aromatic rings. The summed E-state index contributed by atoms with van der Waals surface area (Å²) >= 11 is 0. The third-order valence-electron chi connectivity index (χ3n) is 3.04. The fourth-order valence-electron chi connectivity index (χ4n) is 1.57. The fraction of sp³-hybridized carbons (Fsp3) is 0.500. The first-order valence-corrected chi connectivity index (χ1v) is 6.25. The highest BCUT2D eigenvalue weighted by molar-refractivity contribution is 5.67. The van der Waals surface area contributed by atoms with Crippen LogP contribution >= 0.6 is 0 Å². The van der Waals surface area contributed by atoms with Crippen LogP contribution in [0, 0.1) is 5.92 Å². The van der Waals surface area contributed by atoms with E-state index in [-0.39, 0.29) is 25.2 Å². The van der Waals surface area contributed by atoms with Gasteiger partial charge >= 0.3 is 6.09 Å². The lowest BCUT2D eigenvalue weighted by Gasteiger charge is -2.21. The highest BCUT2D eigenvalue weighted by Crippen LogP contribution is 2.07. The molecule has 0 heterocycles. The molecule has 100 valence electrons. The maximum atomic E-state index is 11.6. The highest BCUT2D eigenvalue weighted by atomic mass is 16.5. The summed E-state index contributed by atoms with van der Waals surface area (Å²) in [6, 6.07) is 9.24. The third-order valence-corrected chi connectivity index (χ3v) is 3.04. The van der Waals surface area contributed by atoms with Crippen molar-refractivity contribution in [3.8, 4) is 0 Å². The van der Waals surface area contributed by atoms with Crippen molar-refractivity contribution in [3.63, 3.8) is 0 Å². The van der Waals surface area contributed by atoms with Crippen LogP contribution in [0.15, 0.2) is 30.3 Å². The molecule has 0 fully saturated rings. The zero-order valence-corrected chi connectivity index (χ0v) is 10.9. The lowest BCUT2D eigenvalue weighted by atomic mass is 10.0. The van der Waals surface area contributed by atoms with Crippen molar-refractivity contribution >= 4 is 6.09 Å². The molecule has 1 aromatic carbocycles. The van der Waals surface area contributed by atoms with Gasteiger partial charge in [-0.05, 0) is 11.5 Å². The summed E-state index contributed by atoms with van der Waals surface area (Å²) in [5.41, 5.74) is 0.941. The third kappa shape index (κ3) is 4.75. The second-order valence-electron chi connectivity index (χ2n) is 4.38. The first-order chi connectivity index (χ1) is 8.67. The predicted octanol–water partition coefficient (Wildman–Crippen LogP) is 2.32. The van der Waals surface area contributed by atoms with Gasteiger partial charge in [0.25, 0.3) is 0 Å². The van der Waals surface area contributed by atoms with E-state index in [0.717, 1.165) is 12.0 Å². The van der Waals surface area contributed by atoms with Crippen LogP contribution in [0.4, 0.5) is 4.79 Å². The molecule has 2 N–H and O–H groups in total. The van der Waals surface area contributed by atoms with Gasteiger partial charge in [0.2, 0.25) is 0 Å². The van der Waals surface area contributed by atoms with Crippen LogP contribution in [0.2, 0.25) is 0 Å². The number of amides is 1. The van der Waals surface area contributed by atoms with E-state index >= 15 is 0 Å². The SMILES string of the molecule is CC[C@@H](C)[C@H](CO)NC(=O)OCc1ccccc1. The van der Waals surface area contributed by atoms with Gasteiger partial charge in [0.1, 0.15) is 6.61 Å². The van der Waals surface area contributed by atoms with E-state index in [2.05, 4.69) is 5.32 Å². The fourth-order valence-corrected chi connectivity index (χ4v) is 1.57. The van der Waals surface area contributed by atoms with Crippen molar-refractivity contribution in [2.75, 3.05) is 6.61 Å². The van der Waals surface area contributed by atoms with Gasteiger partial charge in [0, 0.05) is 0 Å². The number of aliphatic hydroxyl groups excluding tert-OH is 1. The smallest absolute Gasteiger partial charge is 0.407 e. The lowest BCUT2D eigenvalue weighted by Crippen LogP contribution is -2.42. The van der Waals surface area contributed by atoms with E-state index in [1.807, 2.05) is 44.2 Å². The Morgan fingerprint density at radius 2 is 2.06 bits per heavy atom. The van der Waals surface area contributed by atoms with Gasteiger partial charge in [0.15, 0.2) is 0 Å². The number of hydrogen-bond acceptors (Lipinski definition) is 3. The zero-order valence-electron chi connectivity index (χ0n) is 10.9. The Morgan fingerprint density at radius 1 is 1.39 bits per heavy atom. The van der Waals surface area contributed by atoms with Crippen molar-refractivity contribution < 1.29 is 14.6 Å². The average Bonchev–Trinajstić information content (AvgIpc) is 2.42. The summed E-state index contributed by atoms with van der Waals surface area (Å²) in [7, 11) is 0. The molecule has 2 atom stereocenters. The summed E-state index contributed by atoms with van der Waals surface area (Å²) in [5, 5.41) is 11.9. The van der Waals surface area contributed by atoms with Gasteiger partial charge in [-0.15, -0.1) is 0 Å². The molecule has 0 spiro atoms. The molecule has 1 rings (SSSR count). The predicted molar refractivity (Wildman–Crippen MR) is 70.1 cm³/mol. The minimum Gasteiger partial charge on any atom is -0.445 e. The van der Waals surface area contributed by atoms with Gasteiger partial charge in [0.05, 0.1) is 12.6 Å². The van der Waals surface area contributed by atoms with Crippen molar-refractivity contribution in [2.45, 2.75) is 32.9 Å². The molecule has 0 aliphatic heterocycles. The van der Waals surface area contributed by atoms with E-state index in [1.54, 1.807) is 0 Å². The maximum Gasteiger partial charge on any atom is 0.407 e. The standard InChI is InChI=1S/C14H21NO3/c1-3-11(2)13(9-16)15-14(17)18-10-12-7-5-4-6-8-12/h4-8,11,13,16H,3,9-10H2,1-2H3,(H,15,17)/t11-,13+/m1/s1. The van der Waals surface area contributed by atoms with Gasteiger partial charge in [-0.2, -0.15) is 0 Å². The van der Waals surface area contributed by atoms with E-state index in [1.165, 1.54) is 0 Å². The van der Waals surface area contributed by atoms with Gasteiger partial charge in [-0.3, -0.25) is 0 Å². The quantitative estimate of drug-likeness (QED) is 0.815. The zero-order chi connectivity index (χ0) is 13.4. The van der Waals surface area contributed by atoms with Gasteiger partial charge in [-0.1, -0.05) is 50.6 Å². The van der Waals surface area contributed by atoms with Crippen LogP contribution in [0.5, 0.6) is 0 Å². The molecule has 0 aliphatic carbocycles. The number of benzene rings is 1. The average molecular weight is 251 g/mol. The van der Waals surface area contributed by atoms with E-state index < -0.39 is 6.09 Å². The first-order valence-electron chi connectivity index (χ1n) is 6.25.